The molecule has 0 aromatic heterocycles. The zero-order valence-corrected chi connectivity index (χ0v) is 17.2. The molecular weight excluding hydrogens is 412 g/mol. The van der Waals surface area contributed by atoms with Gasteiger partial charge < -0.3 is 25.0 Å². The predicted octanol–water partition coefficient (Wildman–Crippen LogP) is 1.42. The Morgan fingerprint density at radius 3 is 2.31 bits per heavy atom. The molecule has 1 unspecified atom stereocenters. The van der Waals surface area contributed by atoms with Crippen LogP contribution in [0, 0.1) is 11.3 Å². The standard InChI is InChI=1S/C23H22N4O5/c24-14-15-3-5-16(6-4-15)25-22(30)20(29)21-23(31)27(12-13-32-21)18-9-7-17(8-10-18)26-11-1-2-19(26)28/h3-10,20-21,29H,1-2,11-13H2,(H,25,30)/t20?,21-/m1/s1. The molecule has 0 spiro atoms. The van der Waals surface area contributed by atoms with Gasteiger partial charge in [-0.1, -0.05) is 0 Å². The van der Waals surface area contributed by atoms with Gasteiger partial charge in [0.2, 0.25) is 5.91 Å². The van der Waals surface area contributed by atoms with Crippen LogP contribution in [0.5, 0.6) is 0 Å². The van der Waals surface area contributed by atoms with Crippen molar-refractivity contribution in [3.8, 4) is 6.07 Å². The van der Waals surface area contributed by atoms with Crippen molar-refractivity contribution in [2.24, 2.45) is 0 Å². The van der Waals surface area contributed by atoms with Gasteiger partial charge >= 0.3 is 0 Å². The van der Waals surface area contributed by atoms with Gasteiger partial charge in [0.05, 0.1) is 18.2 Å². The van der Waals surface area contributed by atoms with Gasteiger partial charge in [0.25, 0.3) is 11.8 Å². The molecule has 2 saturated heterocycles. The monoisotopic (exact) mass is 434 g/mol. The normalized spacial score (nSPS) is 19.6. The summed E-state index contributed by atoms with van der Waals surface area (Å²) >= 11 is 0. The predicted molar refractivity (Wildman–Crippen MR) is 116 cm³/mol. The highest BCUT2D eigenvalue weighted by Gasteiger charge is 2.39. The maximum absolute atomic E-state index is 13.0. The van der Waals surface area contributed by atoms with E-state index in [2.05, 4.69) is 5.32 Å². The van der Waals surface area contributed by atoms with Crippen molar-refractivity contribution < 1.29 is 24.2 Å². The molecule has 32 heavy (non-hydrogen) atoms. The summed E-state index contributed by atoms with van der Waals surface area (Å²) in [5.74, 6) is -1.22. The van der Waals surface area contributed by atoms with Gasteiger partial charge in [0.1, 0.15) is 0 Å². The Balaban J connectivity index is 1.43. The second-order valence-corrected chi connectivity index (χ2v) is 7.57. The molecule has 0 radical (unpaired) electrons. The molecule has 2 aromatic carbocycles. The fraction of sp³-hybridized carbons (Fsp3) is 0.304. The fourth-order valence-corrected chi connectivity index (χ4v) is 3.80. The summed E-state index contributed by atoms with van der Waals surface area (Å²) in [5.41, 5.74) is 2.19. The average Bonchev–Trinajstić information content (AvgIpc) is 3.25. The first-order valence-electron chi connectivity index (χ1n) is 10.3. The van der Waals surface area contributed by atoms with Gasteiger partial charge in [0, 0.05) is 36.6 Å². The van der Waals surface area contributed by atoms with Crippen molar-refractivity contribution in [1.82, 2.24) is 0 Å². The number of aliphatic hydroxyl groups is 1. The summed E-state index contributed by atoms with van der Waals surface area (Å²) in [7, 11) is 0. The minimum Gasteiger partial charge on any atom is -0.380 e. The molecule has 2 N–H and O–H groups in total. The van der Waals surface area contributed by atoms with Crippen molar-refractivity contribution in [3.63, 3.8) is 0 Å². The first kappa shape index (κ1) is 21.5. The highest BCUT2D eigenvalue weighted by molar-refractivity contribution is 6.04. The topological polar surface area (TPSA) is 123 Å². The van der Waals surface area contributed by atoms with Crippen LogP contribution < -0.4 is 15.1 Å². The Kier molecular flexibility index (Phi) is 6.16. The van der Waals surface area contributed by atoms with E-state index in [9.17, 15) is 19.5 Å². The Morgan fingerprint density at radius 1 is 1.06 bits per heavy atom. The fourth-order valence-electron chi connectivity index (χ4n) is 3.80. The van der Waals surface area contributed by atoms with Gasteiger partial charge in [-0.2, -0.15) is 5.26 Å². The van der Waals surface area contributed by atoms with E-state index >= 15 is 0 Å². The molecule has 9 nitrogen and oxygen atoms in total. The molecule has 0 bridgehead atoms. The Morgan fingerprint density at radius 2 is 1.72 bits per heavy atom. The van der Waals surface area contributed by atoms with E-state index in [1.54, 1.807) is 29.2 Å². The molecule has 0 saturated carbocycles. The third-order valence-corrected chi connectivity index (χ3v) is 5.51. The Labute approximate surface area is 184 Å². The van der Waals surface area contributed by atoms with E-state index in [1.165, 1.54) is 29.2 Å². The van der Waals surface area contributed by atoms with Crippen molar-refractivity contribution in [2.45, 2.75) is 25.0 Å². The van der Waals surface area contributed by atoms with Crippen LogP contribution >= 0.6 is 0 Å². The number of benzene rings is 2. The van der Waals surface area contributed by atoms with Crippen LogP contribution in [0.4, 0.5) is 17.1 Å². The van der Waals surface area contributed by atoms with Crippen molar-refractivity contribution >= 4 is 34.8 Å². The molecule has 2 heterocycles. The minimum absolute atomic E-state index is 0.0802. The maximum Gasteiger partial charge on any atom is 0.259 e. The van der Waals surface area contributed by atoms with Crippen LogP contribution in [-0.2, 0) is 19.1 Å². The summed E-state index contributed by atoms with van der Waals surface area (Å²) in [4.78, 5) is 40.5. The SMILES string of the molecule is N#Cc1ccc(NC(=O)C(O)[C@H]2OCCN(c3ccc(N4CCCC4=O)cc3)C2=O)cc1. The lowest BCUT2D eigenvalue weighted by Crippen LogP contribution is -2.55. The summed E-state index contributed by atoms with van der Waals surface area (Å²) in [6, 6.07) is 15.2. The molecule has 164 valence electrons. The molecule has 2 aliphatic heterocycles. The molecule has 9 heteroatoms. The average molecular weight is 434 g/mol. The van der Waals surface area contributed by atoms with Gasteiger partial charge in [0.15, 0.2) is 12.2 Å². The van der Waals surface area contributed by atoms with E-state index in [4.69, 9.17) is 10.00 Å². The van der Waals surface area contributed by atoms with Crippen LogP contribution in [0.1, 0.15) is 18.4 Å². The van der Waals surface area contributed by atoms with Gasteiger partial charge in [-0.15, -0.1) is 0 Å². The maximum atomic E-state index is 13.0. The number of nitriles is 1. The van der Waals surface area contributed by atoms with E-state index in [0.29, 0.717) is 29.9 Å². The number of anilines is 3. The summed E-state index contributed by atoms with van der Waals surface area (Å²) in [6.07, 6.45) is -1.69. The van der Waals surface area contributed by atoms with E-state index < -0.39 is 24.0 Å². The third kappa shape index (κ3) is 4.32. The molecule has 2 aliphatic rings. The minimum atomic E-state index is -1.71. The number of hydrogen-bond acceptors (Lipinski definition) is 6. The van der Waals surface area contributed by atoms with Crippen LogP contribution in [0.25, 0.3) is 0 Å². The summed E-state index contributed by atoms with van der Waals surface area (Å²) in [5, 5.41) is 21.8. The van der Waals surface area contributed by atoms with Crippen LogP contribution in [0.3, 0.4) is 0 Å². The second kappa shape index (κ2) is 9.18. The number of carbonyl (C=O) groups excluding carboxylic acids is 3. The Bertz CT molecular complexity index is 1060. The van der Waals surface area contributed by atoms with Gasteiger partial charge in [-0.3, -0.25) is 14.4 Å². The quantitative estimate of drug-likeness (QED) is 0.734. The zero-order valence-electron chi connectivity index (χ0n) is 17.2. The highest BCUT2D eigenvalue weighted by Crippen LogP contribution is 2.26. The number of amides is 3. The number of rotatable bonds is 5. The molecule has 3 amide bonds. The van der Waals surface area contributed by atoms with Crippen LogP contribution in [0.2, 0.25) is 0 Å². The molecule has 2 atom stereocenters. The largest absolute Gasteiger partial charge is 0.380 e. The molecule has 2 fully saturated rings. The molecule has 2 aromatic rings. The summed E-state index contributed by atoms with van der Waals surface area (Å²) in [6.45, 7) is 1.11. The lowest BCUT2D eigenvalue weighted by molar-refractivity contribution is -0.150. The number of carbonyl (C=O) groups is 3. The molecule has 0 aliphatic carbocycles. The first-order valence-corrected chi connectivity index (χ1v) is 10.3. The van der Waals surface area contributed by atoms with E-state index in [0.717, 1.165) is 12.1 Å². The number of nitrogens with one attached hydrogen (secondary N) is 1. The van der Waals surface area contributed by atoms with Crippen LogP contribution in [-0.4, -0.2) is 54.7 Å². The molecular formula is C23H22N4O5. The van der Waals surface area contributed by atoms with E-state index in [1.807, 2.05) is 6.07 Å². The molecule has 4 rings (SSSR count). The number of aliphatic hydroxyl groups excluding tert-OH is 1. The number of ether oxygens (including phenoxy) is 1. The number of morpholine rings is 1. The van der Waals surface area contributed by atoms with Gasteiger partial charge in [-0.05, 0) is 55.0 Å². The number of nitrogens with zero attached hydrogens (tertiary/aromatic N) is 3. The highest BCUT2D eigenvalue weighted by atomic mass is 16.5. The number of hydrogen-bond donors (Lipinski definition) is 2. The van der Waals surface area contributed by atoms with Crippen molar-refractivity contribution in [3.05, 3.63) is 54.1 Å². The summed E-state index contributed by atoms with van der Waals surface area (Å²) < 4.78 is 5.42. The second-order valence-electron chi connectivity index (χ2n) is 7.57. The van der Waals surface area contributed by atoms with Crippen molar-refractivity contribution in [1.29, 1.82) is 5.26 Å². The smallest absolute Gasteiger partial charge is 0.259 e. The lowest BCUT2D eigenvalue weighted by Gasteiger charge is -2.34. The van der Waals surface area contributed by atoms with E-state index in [-0.39, 0.29) is 19.1 Å². The lowest BCUT2D eigenvalue weighted by atomic mass is 10.1. The third-order valence-electron chi connectivity index (χ3n) is 5.51. The van der Waals surface area contributed by atoms with Crippen LogP contribution in [0.15, 0.2) is 48.5 Å². The Hall–Kier alpha value is -3.74. The van der Waals surface area contributed by atoms with Crippen molar-refractivity contribution in [2.75, 3.05) is 34.8 Å². The zero-order chi connectivity index (χ0) is 22.7. The first-order chi connectivity index (χ1) is 15.5. The van der Waals surface area contributed by atoms with Gasteiger partial charge in [-0.25, -0.2) is 0 Å².